The van der Waals surface area contributed by atoms with Crippen molar-refractivity contribution in [1.82, 2.24) is 4.98 Å². The minimum Gasteiger partial charge on any atom is -0.388 e. The van der Waals surface area contributed by atoms with E-state index in [-0.39, 0.29) is 12.5 Å². The number of hydrogen-bond acceptors (Lipinski definition) is 4. The van der Waals surface area contributed by atoms with Gasteiger partial charge >= 0.3 is 0 Å². The summed E-state index contributed by atoms with van der Waals surface area (Å²) in [4.78, 5) is 4.33. The molecule has 1 unspecified atom stereocenters. The summed E-state index contributed by atoms with van der Waals surface area (Å²) in [6.07, 6.45) is 0.547. The molecule has 0 aliphatic carbocycles. The maximum Gasteiger partial charge on any atom is 0.0897 e. The first kappa shape index (κ1) is 11.6. The van der Waals surface area contributed by atoms with Crippen molar-refractivity contribution < 1.29 is 5.11 Å². The Bertz CT molecular complexity index is 298. The fraction of sp³-hybridized carbons (Fsp3) is 0.700. The van der Waals surface area contributed by atoms with Crippen molar-refractivity contribution in [2.24, 2.45) is 11.7 Å². The van der Waals surface area contributed by atoms with Gasteiger partial charge in [-0.1, -0.05) is 13.8 Å². The van der Waals surface area contributed by atoms with Gasteiger partial charge in [0.1, 0.15) is 0 Å². The smallest absolute Gasteiger partial charge is 0.0897 e. The molecule has 0 saturated carbocycles. The van der Waals surface area contributed by atoms with Crippen LogP contribution >= 0.6 is 11.3 Å². The van der Waals surface area contributed by atoms with Crippen LogP contribution in [0.3, 0.4) is 0 Å². The van der Waals surface area contributed by atoms with Crippen LogP contribution in [0, 0.1) is 12.8 Å². The topological polar surface area (TPSA) is 59.1 Å². The third kappa shape index (κ3) is 2.53. The Morgan fingerprint density at radius 2 is 2.29 bits per heavy atom. The molecule has 0 spiro atoms. The first-order chi connectivity index (χ1) is 6.48. The van der Waals surface area contributed by atoms with Crippen LogP contribution in [-0.2, 0) is 6.42 Å². The lowest BCUT2D eigenvalue weighted by Gasteiger charge is -2.30. The predicted molar refractivity (Wildman–Crippen MR) is 59.4 cm³/mol. The second kappa shape index (κ2) is 4.38. The molecule has 3 N–H and O–H groups in total. The van der Waals surface area contributed by atoms with Gasteiger partial charge in [-0.05, 0) is 12.8 Å². The van der Waals surface area contributed by atoms with Crippen LogP contribution in [0.2, 0.25) is 0 Å². The van der Waals surface area contributed by atoms with Crippen LogP contribution in [0.25, 0.3) is 0 Å². The standard InChI is InChI=1S/C10H18N2OS/c1-7(2)10(13,6-11)4-9-5-14-8(3)12-9/h5,7,13H,4,6,11H2,1-3H3. The average molecular weight is 214 g/mol. The molecule has 0 radical (unpaired) electrons. The van der Waals surface area contributed by atoms with Crippen molar-refractivity contribution in [3.63, 3.8) is 0 Å². The fourth-order valence-electron chi connectivity index (χ4n) is 1.32. The molecule has 1 atom stereocenters. The predicted octanol–water partition coefficient (Wildman–Crippen LogP) is 1.34. The number of thiazole rings is 1. The number of aromatic nitrogens is 1. The highest BCUT2D eigenvalue weighted by Gasteiger charge is 2.30. The van der Waals surface area contributed by atoms with Crippen molar-refractivity contribution in [2.45, 2.75) is 32.8 Å². The number of nitrogens with zero attached hydrogens (tertiary/aromatic N) is 1. The molecular weight excluding hydrogens is 196 g/mol. The Morgan fingerprint density at radius 1 is 1.64 bits per heavy atom. The zero-order valence-corrected chi connectivity index (χ0v) is 9.77. The maximum atomic E-state index is 10.2. The van der Waals surface area contributed by atoms with Gasteiger partial charge in [0.05, 0.1) is 16.3 Å². The van der Waals surface area contributed by atoms with Crippen LogP contribution in [0.15, 0.2) is 5.38 Å². The van der Waals surface area contributed by atoms with E-state index >= 15 is 0 Å². The largest absolute Gasteiger partial charge is 0.388 e. The summed E-state index contributed by atoms with van der Waals surface area (Å²) in [7, 11) is 0. The van der Waals surface area contributed by atoms with Crippen molar-refractivity contribution in [2.75, 3.05) is 6.54 Å². The molecule has 0 aliphatic rings. The van der Waals surface area contributed by atoms with Crippen molar-refractivity contribution >= 4 is 11.3 Å². The summed E-state index contributed by atoms with van der Waals surface area (Å²) in [5.74, 6) is 0.148. The first-order valence-corrected chi connectivity index (χ1v) is 5.69. The minimum atomic E-state index is -0.819. The summed E-state index contributed by atoms with van der Waals surface area (Å²) >= 11 is 1.60. The van der Waals surface area contributed by atoms with Crippen LogP contribution in [-0.4, -0.2) is 22.2 Å². The summed E-state index contributed by atoms with van der Waals surface area (Å²) in [6.45, 7) is 6.20. The quantitative estimate of drug-likeness (QED) is 0.795. The minimum absolute atomic E-state index is 0.148. The molecule has 1 aromatic heterocycles. The van der Waals surface area contributed by atoms with Crippen LogP contribution in [0.4, 0.5) is 0 Å². The molecule has 1 rings (SSSR count). The Kier molecular flexibility index (Phi) is 3.64. The van der Waals surface area contributed by atoms with E-state index in [0.29, 0.717) is 6.42 Å². The molecule has 1 aromatic rings. The first-order valence-electron chi connectivity index (χ1n) is 4.81. The summed E-state index contributed by atoms with van der Waals surface area (Å²) in [5, 5.41) is 13.2. The Balaban J connectivity index is 2.75. The highest BCUT2D eigenvalue weighted by Crippen LogP contribution is 2.22. The van der Waals surface area contributed by atoms with Gasteiger partial charge in [-0.25, -0.2) is 4.98 Å². The lowest BCUT2D eigenvalue weighted by molar-refractivity contribution is 0.00334. The number of hydrogen-bond donors (Lipinski definition) is 2. The normalized spacial score (nSPS) is 15.9. The van der Waals surface area contributed by atoms with Gasteiger partial charge < -0.3 is 10.8 Å². The molecule has 4 heteroatoms. The lowest BCUT2D eigenvalue weighted by atomic mass is 9.86. The summed E-state index contributed by atoms with van der Waals surface area (Å²) in [5.41, 5.74) is 5.71. The van der Waals surface area contributed by atoms with Gasteiger partial charge in [-0.3, -0.25) is 0 Å². The number of aryl methyl sites for hydroxylation is 1. The highest BCUT2D eigenvalue weighted by molar-refractivity contribution is 7.09. The molecule has 0 fully saturated rings. The van der Waals surface area contributed by atoms with Gasteiger partial charge in [-0.15, -0.1) is 11.3 Å². The van der Waals surface area contributed by atoms with Gasteiger partial charge in [0.25, 0.3) is 0 Å². The molecule has 0 aromatic carbocycles. The van der Waals surface area contributed by atoms with Crippen LogP contribution in [0.1, 0.15) is 24.5 Å². The van der Waals surface area contributed by atoms with Gasteiger partial charge in [-0.2, -0.15) is 0 Å². The van der Waals surface area contributed by atoms with Gasteiger partial charge in [0.2, 0.25) is 0 Å². The molecule has 0 bridgehead atoms. The van der Waals surface area contributed by atoms with E-state index in [9.17, 15) is 5.11 Å². The van der Waals surface area contributed by atoms with E-state index in [0.717, 1.165) is 10.7 Å². The molecule has 14 heavy (non-hydrogen) atoms. The monoisotopic (exact) mass is 214 g/mol. The van der Waals surface area contributed by atoms with Gasteiger partial charge in [0, 0.05) is 18.3 Å². The zero-order chi connectivity index (χ0) is 10.8. The third-order valence-electron chi connectivity index (χ3n) is 2.58. The van der Waals surface area contributed by atoms with Crippen molar-refractivity contribution in [1.29, 1.82) is 0 Å². The number of rotatable bonds is 4. The number of nitrogens with two attached hydrogens (primary N) is 1. The Morgan fingerprint density at radius 3 is 2.64 bits per heavy atom. The van der Waals surface area contributed by atoms with Crippen LogP contribution in [0.5, 0.6) is 0 Å². The second-order valence-corrected chi connectivity index (χ2v) is 5.06. The van der Waals surface area contributed by atoms with E-state index in [1.54, 1.807) is 11.3 Å². The Hall–Kier alpha value is -0.450. The molecule has 0 saturated heterocycles. The van der Waals surface area contributed by atoms with Crippen molar-refractivity contribution in [3.05, 3.63) is 16.1 Å². The summed E-state index contributed by atoms with van der Waals surface area (Å²) in [6, 6.07) is 0. The number of aliphatic hydroxyl groups is 1. The van der Waals surface area contributed by atoms with E-state index < -0.39 is 5.60 Å². The molecule has 80 valence electrons. The third-order valence-corrected chi connectivity index (χ3v) is 3.40. The molecule has 0 amide bonds. The van der Waals surface area contributed by atoms with Crippen molar-refractivity contribution in [3.8, 4) is 0 Å². The zero-order valence-electron chi connectivity index (χ0n) is 8.95. The second-order valence-electron chi connectivity index (χ2n) is 4.00. The Labute approximate surface area is 89.0 Å². The fourth-order valence-corrected chi connectivity index (χ4v) is 1.93. The van der Waals surface area contributed by atoms with E-state index in [1.165, 1.54) is 0 Å². The lowest BCUT2D eigenvalue weighted by Crippen LogP contribution is -2.44. The molecule has 0 aliphatic heterocycles. The molecular formula is C10H18N2OS. The molecule has 3 nitrogen and oxygen atoms in total. The van der Waals surface area contributed by atoms with Crippen LogP contribution < -0.4 is 5.73 Å². The maximum absolute atomic E-state index is 10.2. The van der Waals surface area contributed by atoms with E-state index in [1.807, 2.05) is 26.2 Å². The average Bonchev–Trinajstić information content (AvgIpc) is 2.50. The van der Waals surface area contributed by atoms with Gasteiger partial charge in [0.15, 0.2) is 0 Å². The molecule has 1 heterocycles. The van der Waals surface area contributed by atoms with E-state index in [4.69, 9.17) is 5.73 Å². The van der Waals surface area contributed by atoms with E-state index in [2.05, 4.69) is 4.98 Å². The highest BCUT2D eigenvalue weighted by atomic mass is 32.1. The SMILES string of the molecule is Cc1nc(CC(O)(CN)C(C)C)cs1. The summed E-state index contributed by atoms with van der Waals surface area (Å²) < 4.78 is 0.